The van der Waals surface area contributed by atoms with Gasteiger partial charge in [0.2, 0.25) is 6.79 Å². The number of fused-ring (bicyclic) bond motifs is 1. The molecular formula is C17H13NO4. The lowest BCUT2D eigenvalue weighted by atomic mass is 10.1. The van der Waals surface area contributed by atoms with E-state index in [0.717, 1.165) is 11.1 Å². The lowest BCUT2D eigenvalue weighted by molar-refractivity contribution is -0.139. The Labute approximate surface area is 127 Å². The molecule has 0 spiro atoms. The van der Waals surface area contributed by atoms with Crippen molar-refractivity contribution in [1.29, 1.82) is 0 Å². The molecule has 5 nitrogen and oxygen atoms in total. The lowest BCUT2D eigenvalue weighted by Gasteiger charge is -2.08. The molecule has 1 atom stereocenters. The topological polar surface area (TPSA) is 56.8 Å². The maximum absolute atomic E-state index is 12.0. The molecule has 2 aromatic carbocycles. The van der Waals surface area contributed by atoms with Gasteiger partial charge in [-0.15, -0.1) is 0 Å². The van der Waals surface area contributed by atoms with Gasteiger partial charge in [-0.2, -0.15) is 0 Å². The molecule has 0 bridgehead atoms. The Morgan fingerprint density at radius 1 is 1.05 bits per heavy atom. The molecule has 2 aliphatic rings. The van der Waals surface area contributed by atoms with Gasteiger partial charge < -0.3 is 19.5 Å². The van der Waals surface area contributed by atoms with Crippen LogP contribution in [-0.4, -0.2) is 12.8 Å². The average Bonchev–Trinajstić information content (AvgIpc) is 3.15. The minimum atomic E-state index is -0.450. The Balaban J connectivity index is 1.59. The van der Waals surface area contributed by atoms with Crippen molar-refractivity contribution in [3.8, 4) is 11.5 Å². The molecule has 1 N–H and O–H groups in total. The van der Waals surface area contributed by atoms with Crippen LogP contribution in [0, 0.1) is 0 Å². The average molecular weight is 295 g/mol. The number of rotatable bonds is 2. The number of hydrogen-bond acceptors (Lipinski definition) is 5. The highest BCUT2D eigenvalue weighted by atomic mass is 16.7. The molecule has 5 heteroatoms. The van der Waals surface area contributed by atoms with Crippen molar-refractivity contribution in [3.05, 3.63) is 65.4 Å². The van der Waals surface area contributed by atoms with Crippen molar-refractivity contribution in [2.75, 3.05) is 6.79 Å². The fraction of sp³-hybridized carbons (Fsp3) is 0.118. The molecule has 2 aliphatic heterocycles. The van der Waals surface area contributed by atoms with Gasteiger partial charge in [0.05, 0.1) is 0 Å². The summed E-state index contributed by atoms with van der Waals surface area (Å²) in [5, 5.41) is 3.09. The SMILES string of the molecule is O=C1O[C@@H](c2ccccc2)N/C1=C\c1ccc2c(c1)OCO2. The first-order valence-electron chi connectivity index (χ1n) is 6.93. The van der Waals surface area contributed by atoms with Gasteiger partial charge in [-0.05, 0) is 23.8 Å². The van der Waals surface area contributed by atoms with Crippen LogP contribution in [0.5, 0.6) is 11.5 Å². The zero-order valence-electron chi connectivity index (χ0n) is 11.6. The van der Waals surface area contributed by atoms with Crippen LogP contribution >= 0.6 is 0 Å². The van der Waals surface area contributed by atoms with E-state index < -0.39 is 6.23 Å². The van der Waals surface area contributed by atoms with Gasteiger partial charge in [-0.1, -0.05) is 36.4 Å². The molecule has 0 unspecified atom stereocenters. The Hall–Kier alpha value is -2.95. The van der Waals surface area contributed by atoms with Crippen molar-refractivity contribution in [2.45, 2.75) is 6.23 Å². The van der Waals surface area contributed by atoms with Crippen molar-refractivity contribution >= 4 is 12.0 Å². The molecule has 0 aromatic heterocycles. The van der Waals surface area contributed by atoms with E-state index in [2.05, 4.69) is 5.32 Å². The van der Waals surface area contributed by atoms with E-state index in [-0.39, 0.29) is 12.8 Å². The standard InChI is InChI=1S/C17H13NO4/c19-17-13(18-16(22-17)12-4-2-1-3-5-12)8-11-6-7-14-15(9-11)21-10-20-14/h1-9,16,18H,10H2/b13-8-/t16-/m0/s1. The monoisotopic (exact) mass is 295 g/mol. The van der Waals surface area contributed by atoms with Crippen molar-refractivity contribution in [2.24, 2.45) is 0 Å². The summed E-state index contributed by atoms with van der Waals surface area (Å²) in [5.41, 5.74) is 2.18. The highest BCUT2D eigenvalue weighted by Gasteiger charge is 2.29. The highest BCUT2D eigenvalue weighted by Crippen LogP contribution is 2.33. The van der Waals surface area contributed by atoms with Crippen LogP contribution in [0.15, 0.2) is 54.2 Å². The third-order valence-corrected chi connectivity index (χ3v) is 3.54. The molecule has 2 aromatic rings. The third-order valence-electron chi connectivity index (χ3n) is 3.54. The van der Waals surface area contributed by atoms with Crippen LogP contribution in [0.3, 0.4) is 0 Å². The quantitative estimate of drug-likeness (QED) is 0.682. The van der Waals surface area contributed by atoms with E-state index in [9.17, 15) is 4.79 Å². The highest BCUT2D eigenvalue weighted by molar-refractivity contribution is 5.95. The predicted octanol–water partition coefficient (Wildman–Crippen LogP) is 2.60. The summed E-state index contributed by atoms with van der Waals surface area (Å²) >= 11 is 0. The van der Waals surface area contributed by atoms with Gasteiger partial charge in [-0.25, -0.2) is 4.79 Å². The van der Waals surface area contributed by atoms with Crippen LogP contribution in [-0.2, 0) is 9.53 Å². The van der Waals surface area contributed by atoms with Crippen molar-refractivity contribution in [1.82, 2.24) is 5.32 Å². The molecule has 1 saturated heterocycles. The summed E-state index contributed by atoms with van der Waals surface area (Å²) in [7, 11) is 0. The zero-order valence-corrected chi connectivity index (χ0v) is 11.6. The van der Waals surface area contributed by atoms with Gasteiger partial charge in [0, 0.05) is 5.56 Å². The number of benzene rings is 2. The van der Waals surface area contributed by atoms with E-state index in [1.807, 2.05) is 48.5 Å². The number of esters is 1. The molecule has 1 fully saturated rings. The largest absolute Gasteiger partial charge is 0.454 e. The van der Waals surface area contributed by atoms with E-state index in [4.69, 9.17) is 14.2 Å². The van der Waals surface area contributed by atoms with Crippen LogP contribution < -0.4 is 14.8 Å². The van der Waals surface area contributed by atoms with Crippen LogP contribution in [0.25, 0.3) is 6.08 Å². The van der Waals surface area contributed by atoms with Crippen LogP contribution in [0.2, 0.25) is 0 Å². The predicted molar refractivity (Wildman–Crippen MR) is 79.0 cm³/mol. The molecule has 4 rings (SSSR count). The van der Waals surface area contributed by atoms with Crippen molar-refractivity contribution in [3.63, 3.8) is 0 Å². The molecule has 0 amide bonds. The van der Waals surface area contributed by atoms with E-state index in [0.29, 0.717) is 17.2 Å². The lowest BCUT2D eigenvalue weighted by Crippen LogP contribution is -2.12. The molecule has 0 saturated carbocycles. The molecule has 0 radical (unpaired) electrons. The summed E-state index contributed by atoms with van der Waals surface area (Å²) in [5.74, 6) is 1.03. The summed E-state index contributed by atoms with van der Waals surface area (Å²) in [6.45, 7) is 0.228. The van der Waals surface area contributed by atoms with E-state index in [1.165, 1.54) is 0 Å². The second-order valence-corrected chi connectivity index (χ2v) is 5.01. The number of nitrogens with one attached hydrogen (secondary N) is 1. The molecular weight excluding hydrogens is 282 g/mol. The summed E-state index contributed by atoms with van der Waals surface area (Å²) in [6, 6.07) is 15.1. The maximum Gasteiger partial charge on any atom is 0.356 e. The number of hydrogen-bond donors (Lipinski definition) is 1. The van der Waals surface area contributed by atoms with Gasteiger partial charge in [0.1, 0.15) is 5.70 Å². The molecule has 110 valence electrons. The molecule has 22 heavy (non-hydrogen) atoms. The normalized spacial score (nSPS) is 20.8. The second-order valence-electron chi connectivity index (χ2n) is 5.01. The smallest absolute Gasteiger partial charge is 0.356 e. The third kappa shape index (κ3) is 2.26. The van der Waals surface area contributed by atoms with E-state index >= 15 is 0 Å². The minimum absolute atomic E-state index is 0.228. The zero-order chi connectivity index (χ0) is 14.9. The number of carbonyl (C=O) groups is 1. The maximum atomic E-state index is 12.0. The van der Waals surface area contributed by atoms with E-state index in [1.54, 1.807) is 6.08 Å². The van der Waals surface area contributed by atoms with Gasteiger partial charge in [0.15, 0.2) is 17.7 Å². The Morgan fingerprint density at radius 2 is 1.86 bits per heavy atom. The van der Waals surface area contributed by atoms with Gasteiger partial charge >= 0.3 is 5.97 Å². The first-order valence-corrected chi connectivity index (χ1v) is 6.93. The number of carbonyl (C=O) groups excluding carboxylic acids is 1. The summed E-state index contributed by atoms with van der Waals surface area (Å²) in [4.78, 5) is 12.0. The summed E-state index contributed by atoms with van der Waals surface area (Å²) in [6.07, 6.45) is 1.29. The first kappa shape index (κ1) is 12.8. The van der Waals surface area contributed by atoms with Gasteiger partial charge in [0.25, 0.3) is 0 Å². The Bertz CT molecular complexity index is 755. The molecule has 2 heterocycles. The second kappa shape index (κ2) is 5.11. The molecule has 0 aliphatic carbocycles. The fourth-order valence-electron chi connectivity index (χ4n) is 2.45. The summed E-state index contributed by atoms with van der Waals surface area (Å²) < 4.78 is 16.0. The van der Waals surface area contributed by atoms with Crippen molar-refractivity contribution < 1.29 is 19.0 Å². The number of cyclic esters (lactones) is 1. The Morgan fingerprint density at radius 3 is 2.73 bits per heavy atom. The first-order chi connectivity index (χ1) is 10.8. The van der Waals surface area contributed by atoms with Gasteiger partial charge in [-0.3, -0.25) is 0 Å². The van der Waals surface area contributed by atoms with Crippen LogP contribution in [0.1, 0.15) is 17.4 Å². The minimum Gasteiger partial charge on any atom is -0.454 e. The Kier molecular flexibility index (Phi) is 2.96. The fourth-order valence-corrected chi connectivity index (χ4v) is 2.45. The van der Waals surface area contributed by atoms with Crippen LogP contribution in [0.4, 0.5) is 0 Å². The number of ether oxygens (including phenoxy) is 3.